The molecule has 0 radical (unpaired) electrons. The highest BCUT2D eigenvalue weighted by atomic mass is 32.2. The molecule has 15 aliphatic rings. The van der Waals surface area contributed by atoms with Crippen LogP contribution in [0.2, 0.25) is 0 Å². The number of carbonyl (C=O) groups is 6. The second kappa shape index (κ2) is 31.2. The van der Waals surface area contributed by atoms with Crippen molar-refractivity contribution >= 4 is 56.1 Å². The number of nitrogens with two attached hydrogens (primary N) is 1. The minimum atomic E-state index is -4.02. The van der Waals surface area contributed by atoms with Gasteiger partial charge in [-0.1, -0.05) is 69.2 Å². The first-order valence-corrected chi connectivity index (χ1v) is 45.1. The van der Waals surface area contributed by atoms with Gasteiger partial charge in [-0.25, -0.2) is 17.9 Å². The number of nitrogens with zero attached hydrogens (tertiary/aromatic N) is 1. The van der Waals surface area contributed by atoms with E-state index in [1.54, 1.807) is 0 Å². The molecule has 1 amide bonds. The van der Waals surface area contributed by atoms with Crippen LogP contribution in [-0.2, 0) is 77.0 Å². The highest BCUT2D eigenvalue weighted by Gasteiger charge is 2.73. The molecule has 0 aromatic rings. The van der Waals surface area contributed by atoms with Gasteiger partial charge in [0.1, 0.15) is 28.0 Å². The molecule has 1 spiro atoms. The molecule has 14 saturated carbocycles. The number of hydrogen-bond donors (Lipinski definition) is 3. The van der Waals surface area contributed by atoms with Crippen LogP contribution in [0.4, 0.5) is 0 Å². The molecule has 14 bridgehead atoms. The van der Waals surface area contributed by atoms with E-state index in [-0.39, 0.29) is 103 Å². The topological polar surface area (TPSA) is 296 Å². The van der Waals surface area contributed by atoms with E-state index in [1.165, 1.54) is 42.8 Å². The highest BCUT2D eigenvalue weighted by Crippen LogP contribution is 2.71. The average Bonchev–Trinajstić information content (AvgIpc) is 1.53. The Morgan fingerprint density at radius 1 is 0.440 bits per heavy atom. The summed E-state index contributed by atoms with van der Waals surface area (Å²) in [7, 11) is -7.49. The third-order valence-electron chi connectivity index (χ3n) is 29.5. The molecule has 7 unspecified atom stereocenters. The van der Waals surface area contributed by atoms with Gasteiger partial charge in [-0.15, -0.1) is 0 Å². The van der Waals surface area contributed by atoms with Gasteiger partial charge >= 0.3 is 40.2 Å². The van der Waals surface area contributed by atoms with Crippen molar-refractivity contribution in [1.82, 2.24) is 4.31 Å². The Hall–Kier alpha value is -3.44. The Labute approximate surface area is 659 Å². The highest BCUT2D eigenvalue weighted by molar-refractivity contribution is 7.90. The van der Waals surface area contributed by atoms with E-state index in [4.69, 9.17) is 33.0 Å². The SMILES string of the molecule is CCC(C)(C)C(=O)N1C2CC3CCC2(CS1(=O)=O)C3(C)C.CCC(C)(C)C(=O)OC(C)(C)C.CCC(C)(C)C(=O)OC(C)(C)C.CCC(C)(C)C(=O)OC(C)(C)C12CC3CC(CC(C3)C1)C2.CCC(C)(C)C(=O)OC12CC3CC(C1)CC(OS(N)(=O)=O)(C3)C2.CCC(C)(C)C(=O)OC12CC3CC(O)(CC(O)(C3)C1)C2. The summed E-state index contributed by atoms with van der Waals surface area (Å²) in [5.41, 5.74) is -7.40. The Morgan fingerprint density at radius 3 is 1.15 bits per heavy atom. The van der Waals surface area contributed by atoms with E-state index in [2.05, 4.69) is 34.6 Å². The molecule has 4 N–H and O–H groups in total. The minimum Gasteiger partial charge on any atom is -0.460 e. The fourth-order valence-electron chi connectivity index (χ4n) is 21.5. The predicted molar refractivity (Wildman–Crippen MR) is 425 cm³/mol. The van der Waals surface area contributed by atoms with Gasteiger partial charge in [0, 0.05) is 41.9 Å². The molecule has 1 heterocycles. The summed E-state index contributed by atoms with van der Waals surface area (Å²) in [6.07, 6.45) is 23.8. The molecule has 0 aromatic heterocycles. The third kappa shape index (κ3) is 20.5. The lowest BCUT2D eigenvalue weighted by Crippen LogP contribution is -2.67. The van der Waals surface area contributed by atoms with Crippen LogP contribution in [0, 0.1) is 90.2 Å². The molecule has 1 saturated heterocycles. The number of fused-ring (bicyclic) bond motifs is 1. The van der Waals surface area contributed by atoms with E-state index in [0.717, 1.165) is 101 Å². The van der Waals surface area contributed by atoms with Crippen LogP contribution < -0.4 is 5.14 Å². The van der Waals surface area contributed by atoms with Crippen molar-refractivity contribution in [3.05, 3.63) is 0 Å². The summed E-state index contributed by atoms with van der Waals surface area (Å²) in [4.78, 5) is 73.4. The number of carbonyl (C=O) groups excluding carboxylic acids is 6. The van der Waals surface area contributed by atoms with E-state index >= 15 is 0 Å². The molecule has 109 heavy (non-hydrogen) atoms. The lowest BCUT2D eigenvalue weighted by Gasteiger charge is -2.62. The number of amides is 1. The van der Waals surface area contributed by atoms with Gasteiger partial charge in [-0.3, -0.25) is 33.0 Å². The summed E-state index contributed by atoms with van der Waals surface area (Å²) in [6, 6.07) is -0.102. The molecule has 15 fully saturated rings. The maximum Gasteiger partial charge on any atom is 0.333 e. The first kappa shape index (κ1) is 92.7. The van der Waals surface area contributed by atoms with Crippen molar-refractivity contribution in [2.45, 2.75) is 418 Å². The van der Waals surface area contributed by atoms with E-state index < -0.39 is 64.6 Å². The molecular weight excluding hydrogens is 1430 g/mol. The van der Waals surface area contributed by atoms with Crippen molar-refractivity contribution < 1.29 is 83.7 Å². The predicted octanol–water partition coefficient (Wildman–Crippen LogP) is 17.7. The van der Waals surface area contributed by atoms with Crippen molar-refractivity contribution in [2.75, 3.05) is 5.75 Å². The van der Waals surface area contributed by atoms with Gasteiger partial charge in [0.25, 0.3) is 0 Å². The largest absolute Gasteiger partial charge is 0.460 e. The van der Waals surface area contributed by atoms with E-state index in [0.29, 0.717) is 69.1 Å². The normalized spacial score (nSPS) is 34.8. The zero-order chi connectivity index (χ0) is 83.2. The summed E-state index contributed by atoms with van der Waals surface area (Å²) in [5, 5.41) is 26.4. The fourth-order valence-corrected chi connectivity index (χ4v) is 24.8. The molecule has 15 rings (SSSR count). The Bertz CT molecular complexity index is 3440. The van der Waals surface area contributed by atoms with Crippen molar-refractivity contribution in [3.63, 3.8) is 0 Å². The van der Waals surface area contributed by atoms with Crippen LogP contribution in [0.1, 0.15) is 367 Å². The average molecular weight is 1580 g/mol. The van der Waals surface area contributed by atoms with Crippen LogP contribution >= 0.6 is 0 Å². The second-order valence-corrected chi connectivity index (χ2v) is 47.1. The lowest BCUT2D eigenvalue weighted by atomic mass is 9.46. The maximum absolute atomic E-state index is 12.9. The fraction of sp³-hybridized carbons (Fsp3) is 0.931. The summed E-state index contributed by atoms with van der Waals surface area (Å²) >= 11 is 0. The van der Waals surface area contributed by atoms with E-state index in [1.807, 2.05) is 159 Å². The molecule has 630 valence electrons. The number of aliphatic hydroxyl groups is 2. The molecule has 7 atom stereocenters. The van der Waals surface area contributed by atoms with Crippen molar-refractivity contribution in [3.8, 4) is 0 Å². The maximum atomic E-state index is 12.9. The monoisotopic (exact) mass is 1580 g/mol. The van der Waals surface area contributed by atoms with Crippen molar-refractivity contribution in [2.24, 2.45) is 95.3 Å². The smallest absolute Gasteiger partial charge is 0.333 e. The number of hydrogen-bond acceptors (Lipinski definition) is 18. The Kier molecular flexibility index (Phi) is 26.5. The van der Waals surface area contributed by atoms with Crippen LogP contribution in [0.3, 0.4) is 0 Å². The second-order valence-electron chi connectivity index (χ2n) is 44.1. The van der Waals surface area contributed by atoms with Crippen molar-refractivity contribution in [1.29, 1.82) is 0 Å². The summed E-state index contributed by atoms with van der Waals surface area (Å²) < 4.78 is 83.6. The molecule has 1 aliphatic heterocycles. The molecule has 0 aromatic carbocycles. The standard InChI is InChI=1S/C19H32O2.C16H27NO5S.C16H27NO3S.C16H26O4.2C10H20O2/c1-6-17(2,3)16(20)21-18(4,5)19-10-13-7-14(11-19)9-15(8-13)12-19;1-4-14(2,3)13(18)21-15-6-11-5-12(7-15)9-16(8-11,10-15)22-23(17,19)20;1-6-14(2,3)13(18)17-12-9-11-7-8-16(12,15(11,4)5)10-21(17,19)20;1-4-13(2,3)12(17)20-16-7-11-5-14(18,9-16)8-15(19,6-11)10-16;2*1-7-10(5,6)8(11)12-9(2,3)4/h13-15H,6-12H2,1-5H3;11-12H,4-10H2,1-3H3,(H2,17,19,20);11-12H,6-10H2,1-5H3;11,18-19H,4-10H2,1-3H3;2*7H2,1-6H3. The first-order valence-electron chi connectivity index (χ1n) is 42.0. The third-order valence-corrected chi connectivity index (χ3v) is 32.0. The molecule has 22 heteroatoms. The number of rotatable bonds is 18. The molecular formula is C87H152N2O18S2. The number of sulfonamides is 1. The van der Waals surface area contributed by atoms with Gasteiger partial charge in [0.2, 0.25) is 15.9 Å². The Morgan fingerprint density at radius 2 is 0.789 bits per heavy atom. The quantitative estimate of drug-likeness (QED) is 0.0848. The zero-order valence-corrected chi connectivity index (χ0v) is 74.8. The van der Waals surface area contributed by atoms with Gasteiger partial charge in [0.05, 0.1) is 55.7 Å². The van der Waals surface area contributed by atoms with E-state index in [9.17, 15) is 55.8 Å². The Balaban J connectivity index is 0.000000185. The number of esters is 5. The van der Waals surface area contributed by atoms with Crippen LogP contribution in [0.15, 0.2) is 0 Å². The van der Waals surface area contributed by atoms with Gasteiger partial charge in [0.15, 0.2) is 0 Å². The minimum absolute atomic E-state index is 0.00857. The molecule has 20 nitrogen and oxygen atoms in total. The van der Waals surface area contributed by atoms with Gasteiger partial charge in [-0.05, 0) is 319 Å². The number of ether oxygens (including phenoxy) is 5. The first-order chi connectivity index (χ1) is 49.1. The van der Waals surface area contributed by atoms with Crippen LogP contribution in [-0.4, -0.2) is 124 Å². The van der Waals surface area contributed by atoms with Gasteiger partial charge in [-0.2, -0.15) is 8.42 Å². The van der Waals surface area contributed by atoms with Gasteiger partial charge < -0.3 is 33.9 Å². The van der Waals surface area contributed by atoms with Crippen LogP contribution in [0.25, 0.3) is 0 Å². The van der Waals surface area contributed by atoms with Crippen LogP contribution in [0.5, 0.6) is 0 Å². The molecule has 14 aliphatic carbocycles. The zero-order valence-electron chi connectivity index (χ0n) is 73.2. The summed E-state index contributed by atoms with van der Waals surface area (Å²) in [6.45, 7) is 54.9. The summed E-state index contributed by atoms with van der Waals surface area (Å²) in [5.74, 6) is 3.54. The lowest BCUT2D eigenvalue weighted by molar-refractivity contribution is -0.264.